The predicted octanol–water partition coefficient (Wildman–Crippen LogP) is 4.54. The molecule has 0 fully saturated rings. The summed E-state index contributed by atoms with van der Waals surface area (Å²) < 4.78 is 10.0. The lowest BCUT2D eigenvalue weighted by molar-refractivity contribution is -0.119. The number of hydrogen-bond donors (Lipinski definition) is 1. The summed E-state index contributed by atoms with van der Waals surface area (Å²) in [6, 6.07) is 0. The molecule has 0 rings (SSSR count). The van der Waals surface area contributed by atoms with Gasteiger partial charge in [0.15, 0.2) is 0 Å². The Morgan fingerprint density at radius 3 is 1.85 bits per heavy atom. The van der Waals surface area contributed by atoms with Crippen LogP contribution in [0.25, 0.3) is 0 Å². The molecule has 4 nitrogen and oxygen atoms in total. The summed E-state index contributed by atoms with van der Waals surface area (Å²) in [7, 11) is 2.92. The third-order valence-corrected chi connectivity index (χ3v) is 5.90. The largest absolute Gasteiger partial charge is 0.317 e. The fourth-order valence-corrected chi connectivity index (χ4v) is 3.03. The number of carbonyl (C=O) groups is 1. The Labute approximate surface area is 129 Å². The number of amides is 1. The van der Waals surface area contributed by atoms with Gasteiger partial charge in [0, 0.05) is 20.6 Å². The van der Waals surface area contributed by atoms with Gasteiger partial charge in [-0.05, 0) is 18.2 Å². The number of carbonyl (C=O) groups excluding carboxylic acids is 1. The minimum absolute atomic E-state index is 0.0695. The molecular formula is C14H30NO3PS. The van der Waals surface area contributed by atoms with E-state index in [0.717, 1.165) is 12.8 Å². The first-order valence-electron chi connectivity index (χ1n) is 7.60. The highest BCUT2D eigenvalue weighted by molar-refractivity contribution is 8.09. The third-order valence-electron chi connectivity index (χ3n) is 3.25. The minimum atomic E-state index is -2.58. The first-order chi connectivity index (χ1) is 9.58. The zero-order chi connectivity index (χ0) is 15.3. The van der Waals surface area contributed by atoms with Crippen LogP contribution in [0.5, 0.6) is 0 Å². The highest BCUT2D eigenvalue weighted by Gasteiger charge is 2.17. The molecular weight excluding hydrogens is 293 g/mol. The van der Waals surface area contributed by atoms with E-state index in [1.807, 2.05) is 0 Å². The van der Waals surface area contributed by atoms with Gasteiger partial charge in [0.05, 0.1) is 0 Å². The van der Waals surface area contributed by atoms with Crippen molar-refractivity contribution in [2.75, 3.05) is 14.2 Å². The average Bonchev–Trinajstić information content (AvgIpc) is 2.45. The maximum absolute atomic E-state index is 11.7. The van der Waals surface area contributed by atoms with Crippen molar-refractivity contribution < 1.29 is 13.8 Å². The Morgan fingerprint density at radius 2 is 1.40 bits per heavy atom. The fraction of sp³-hybridized carbons (Fsp3) is 0.929. The SMILES string of the molecule is CCCCCCCCCCCC(=O)NP(=S)(OC)OC. The van der Waals surface area contributed by atoms with Crippen molar-refractivity contribution in [3.63, 3.8) is 0 Å². The van der Waals surface area contributed by atoms with Crippen molar-refractivity contribution in [3.8, 4) is 0 Å². The van der Waals surface area contributed by atoms with Crippen LogP contribution in [-0.4, -0.2) is 20.1 Å². The highest BCUT2D eigenvalue weighted by Crippen LogP contribution is 2.41. The van der Waals surface area contributed by atoms with E-state index in [-0.39, 0.29) is 5.91 Å². The van der Waals surface area contributed by atoms with Crippen LogP contribution >= 0.6 is 6.64 Å². The van der Waals surface area contributed by atoms with E-state index in [1.54, 1.807) is 0 Å². The van der Waals surface area contributed by atoms with E-state index in [9.17, 15) is 4.79 Å². The van der Waals surface area contributed by atoms with E-state index < -0.39 is 6.64 Å². The smallest absolute Gasteiger partial charge is 0.289 e. The maximum Gasteiger partial charge on any atom is 0.289 e. The van der Waals surface area contributed by atoms with Crippen LogP contribution < -0.4 is 5.09 Å². The van der Waals surface area contributed by atoms with Crippen molar-refractivity contribution >= 4 is 24.4 Å². The third kappa shape index (κ3) is 10.8. The van der Waals surface area contributed by atoms with Gasteiger partial charge in [0.25, 0.3) is 6.64 Å². The van der Waals surface area contributed by atoms with Crippen molar-refractivity contribution in [3.05, 3.63) is 0 Å². The molecule has 0 aromatic rings. The van der Waals surface area contributed by atoms with E-state index in [4.69, 9.17) is 20.9 Å². The van der Waals surface area contributed by atoms with Gasteiger partial charge < -0.3 is 9.05 Å². The van der Waals surface area contributed by atoms with Crippen molar-refractivity contribution in [2.45, 2.75) is 71.1 Å². The van der Waals surface area contributed by atoms with E-state index in [2.05, 4.69) is 12.0 Å². The van der Waals surface area contributed by atoms with Gasteiger partial charge in [-0.1, -0.05) is 58.3 Å². The number of rotatable bonds is 13. The molecule has 0 unspecified atom stereocenters. The fourth-order valence-electron chi connectivity index (χ4n) is 1.97. The molecule has 0 radical (unpaired) electrons. The molecule has 0 saturated heterocycles. The molecule has 0 aromatic carbocycles. The molecule has 20 heavy (non-hydrogen) atoms. The molecule has 0 saturated carbocycles. The standard InChI is InChI=1S/C14H30NO3PS/c1-4-5-6-7-8-9-10-11-12-13-14(16)15-19(20,17-2)18-3/h4-13H2,1-3H3,(H,15,16,20). The zero-order valence-corrected chi connectivity index (χ0v) is 14.9. The lowest BCUT2D eigenvalue weighted by atomic mass is 10.1. The Morgan fingerprint density at radius 1 is 0.950 bits per heavy atom. The van der Waals surface area contributed by atoms with Crippen LogP contribution in [0, 0.1) is 0 Å². The summed E-state index contributed by atoms with van der Waals surface area (Å²) in [6.07, 6.45) is 11.7. The van der Waals surface area contributed by atoms with Gasteiger partial charge in [-0.3, -0.25) is 9.88 Å². The molecule has 0 aliphatic heterocycles. The molecule has 6 heteroatoms. The second-order valence-electron chi connectivity index (χ2n) is 4.98. The van der Waals surface area contributed by atoms with Crippen LogP contribution in [0.3, 0.4) is 0 Å². The Balaban J connectivity index is 3.47. The molecule has 0 bridgehead atoms. The number of nitrogens with one attached hydrogen (secondary N) is 1. The van der Waals surface area contributed by atoms with Crippen molar-refractivity contribution in [1.29, 1.82) is 0 Å². The summed E-state index contributed by atoms with van der Waals surface area (Å²) in [5.74, 6) is -0.0695. The molecule has 0 aromatic heterocycles. The number of hydrogen-bond acceptors (Lipinski definition) is 4. The molecule has 0 aliphatic rings. The maximum atomic E-state index is 11.7. The van der Waals surface area contributed by atoms with Crippen molar-refractivity contribution in [2.24, 2.45) is 0 Å². The highest BCUT2D eigenvalue weighted by atomic mass is 32.5. The monoisotopic (exact) mass is 323 g/mol. The summed E-state index contributed by atoms with van der Waals surface area (Å²) in [4.78, 5) is 11.7. The van der Waals surface area contributed by atoms with Crippen molar-refractivity contribution in [1.82, 2.24) is 5.09 Å². The summed E-state index contributed by atoms with van der Waals surface area (Å²) in [5, 5.41) is 2.66. The van der Waals surface area contributed by atoms with Crippen LogP contribution in [-0.2, 0) is 25.6 Å². The molecule has 0 heterocycles. The Kier molecular flexibility index (Phi) is 12.8. The molecule has 0 spiro atoms. The second kappa shape index (κ2) is 12.8. The van der Waals surface area contributed by atoms with Gasteiger partial charge in [-0.25, -0.2) is 0 Å². The normalized spacial score (nSPS) is 11.6. The summed E-state index contributed by atoms with van der Waals surface area (Å²) in [6.45, 7) is -0.346. The van der Waals surface area contributed by atoms with Gasteiger partial charge in [0.1, 0.15) is 0 Å². The summed E-state index contributed by atoms with van der Waals surface area (Å²) in [5.41, 5.74) is 0. The second-order valence-corrected chi connectivity index (χ2v) is 8.37. The van der Waals surface area contributed by atoms with Gasteiger partial charge in [0.2, 0.25) is 5.91 Å². The van der Waals surface area contributed by atoms with E-state index >= 15 is 0 Å². The van der Waals surface area contributed by atoms with Crippen LogP contribution in [0.15, 0.2) is 0 Å². The molecule has 0 atom stereocenters. The molecule has 1 N–H and O–H groups in total. The first-order valence-corrected chi connectivity index (χ1v) is 10.2. The van der Waals surface area contributed by atoms with Crippen LogP contribution in [0.4, 0.5) is 0 Å². The van der Waals surface area contributed by atoms with E-state index in [0.29, 0.717) is 6.42 Å². The quantitative estimate of drug-likeness (QED) is 0.399. The average molecular weight is 323 g/mol. The molecule has 1 amide bonds. The Bertz CT molecular complexity index is 292. The predicted molar refractivity (Wildman–Crippen MR) is 88.3 cm³/mol. The molecule has 0 aliphatic carbocycles. The number of unbranched alkanes of at least 4 members (excludes halogenated alkanes) is 8. The summed E-state index contributed by atoms with van der Waals surface area (Å²) >= 11 is 5.09. The lowest BCUT2D eigenvalue weighted by Gasteiger charge is -2.18. The zero-order valence-electron chi connectivity index (χ0n) is 13.2. The minimum Gasteiger partial charge on any atom is -0.317 e. The van der Waals surface area contributed by atoms with Gasteiger partial charge in [-0.15, -0.1) is 0 Å². The van der Waals surface area contributed by atoms with Gasteiger partial charge in [-0.2, -0.15) is 0 Å². The van der Waals surface area contributed by atoms with Crippen LogP contribution in [0.1, 0.15) is 71.1 Å². The van der Waals surface area contributed by atoms with E-state index in [1.165, 1.54) is 59.2 Å². The Hall–Kier alpha value is 0.0400. The molecule has 120 valence electrons. The topological polar surface area (TPSA) is 47.6 Å². The first kappa shape index (κ1) is 20.0. The lowest BCUT2D eigenvalue weighted by Crippen LogP contribution is -2.21. The van der Waals surface area contributed by atoms with Crippen LogP contribution in [0.2, 0.25) is 0 Å². The van der Waals surface area contributed by atoms with Gasteiger partial charge >= 0.3 is 0 Å².